The van der Waals surface area contributed by atoms with E-state index in [9.17, 15) is 19.1 Å². The highest BCUT2D eigenvalue weighted by Crippen LogP contribution is 2.23. The Morgan fingerprint density at radius 1 is 1.25 bits per heavy atom. The Morgan fingerprint density at radius 3 is 2.71 bits per heavy atom. The number of aliphatic carboxylic acids is 1. The smallest absolute Gasteiger partial charge is 0.320 e. The van der Waals surface area contributed by atoms with E-state index in [0.29, 0.717) is 32.7 Å². The van der Waals surface area contributed by atoms with Gasteiger partial charge in [-0.3, -0.25) is 14.5 Å². The predicted molar refractivity (Wildman–Crippen MR) is 83.9 cm³/mol. The Bertz CT molecular complexity index is 607. The van der Waals surface area contributed by atoms with Crippen LogP contribution in [0, 0.1) is 5.82 Å². The zero-order valence-corrected chi connectivity index (χ0v) is 13.4. The van der Waals surface area contributed by atoms with Gasteiger partial charge in [0.1, 0.15) is 18.0 Å². The Balaban J connectivity index is 1.61. The zero-order valence-electron chi connectivity index (χ0n) is 13.4. The topological polar surface area (TPSA) is 70.1 Å². The second-order valence-corrected chi connectivity index (χ2v) is 6.22. The summed E-state index contributed by atoms with van der Waals surface area (Å²) in [6, 6.07) is 5.51. The molecule has 0 saturated carbocycles. The van der Waals surface area contributed by atoms with Gasteiger partial charge in [0.2, 0.25) is 5.91 Å². The van der Waals surface area contributed by atoms with Gasteiger partial charge in [0, 0.05) is 6.54 Å². The Kier molecular flexibility index (Phi) is 5.11. The SMILES string of the molecule is O=C(O)[C@H]1CCCN1CC(=O)N1CCO[C@@H](c2ccc(F)cc2)C1. The number of rotatable bonds is 4. The van der Waals surface area contributed by atoms with Crippen LogP contribution < -0.4 is 0 Å². The van der Waals surface area contributed by atoms with E-state index in [2.05, 4.69) is 0 Å². The second kappa shape index (κ2) is 7.27. The van der Waals surface area contributed by atoms with Crippen molar-refractivity contribution in [1.29, 1.82) is 0 Å². The molecule has 130 valence electrons. The number of benzene rings is 1. The minimum absolute atomic E-state index is 0.0847. The zero-order chi connectivity index (χ0) is 17.1. The molecule has 6 nitrogen and oxygen atoms in total. The van der Waals surface area contributed by atoms with Gasteiger partial charge >= 0.3 is 5.97 Å². The molecule has 1 aromatic rings. The van der Waals surface area contributed by atoms with Gasteiger partial charge in [0.15, 0.2) is 0 Å². The Morgan fingerprint density at radius 2 is 2.00 bits per heavy atom. The van der Waals surface area contributed by atoms with E-state index in [1.807, 2.05) is 0 Å². The molecule has 2 heterocycles. The van der Waals surface area contributed by atoms with Gasteiger partial charge in [-0.25, -0.2) is 4.39 Å². The summed E-state index contributed by atoms with van der Waals surface area (Å²) in [6.07, 6.45) is 1.10. The third-order valence-corrected chi connectivity index (χ3v) is 4.65. The average molecular weight is 336 g/mol. The minimum Gasteiger partial charge on any atom is -0.480 e. The first-order valence-electron chi connectivity index (χ1n) is 8.16. The van der Waals surface area contributed by atoms with E-state index < -0.39 is 12.0 Å². The van der Waals surface area contributed by atoms with Crippen molar-refractivity contribution in [2.24, 2.45) is 0 Å². The van der Waals surface area contributed by atoms with Crippen molar-refractivity contribution in [3.05, 3.63) is 35.6 Å². The molecule has 7 heteroatoms. The van der Waals surface area contributed by atoms with Gasteiger partial charge in [-0.1, -0.05) is 12.1 Å². The number of likely N-dealkylation sites (tertiary alicyclic amines) is 1. The van der Waals surface area contributed by atoms with Crippen molar-refractivity contribution in [2.75, 3.05) is 32.8 Å². The van der Waals surface area contributed by atoms with E-state index >= 15 is 0 Å². The highest BCUT2D eigenvalue weighted by atomic mass is 19.1. The summed E-state index contributed by atoms with van der Waals surface area (Å²) in [4.78, 5) is 27.2. The van der Waals surface area contributed by atoms with Crippen molar-refractivity contribution in [3.8, 4) is 0 Å². The molecule has 2 atom stereocenters. The molecule has 0 aliphatic carbocycles. The predicted octanol–water partition coefficient (Wildman–Crippen LogP) is 1.27. The summed E-state index contributed by atoms with van der Waals surface area (Å²) in [7, 11) is 0. The number of amides is 1. The molecule has 0 unspecified atom stereocenters. The number of nitrogens with zero attached hydrogens (tertiary/aromatic N) is 2. The van der Waals surface area contributed by atoms with Crippen LogP contribution in [0.25, 0.3) is 0 Å². The summed E-state index contributed by atoms with van der Waals surface area (Å²) < 4.78 is 18.7. The fraction of sp³-hybridized carbons (Fsp3) is 0.529. The van der Waals surface area contributed by atoms with Crippen LogP contribution in [-0.4, -0.2) is 65.6 Å². The number of carbonyl (C=O) groups excluding carboxylic acids is 1. The summed E-state index contributed by atoms with van der Waals surface area (Å²) in [6.45, 7) is 2.05. The Hall–Kier alpha value is -1.99. The van der Waals surface area contributed by atoms with E-state index in [1.165, 1.54) is 12.1 Å². The maximum atomic E-state index is 13.0. The van der Waals surface area contributed by atoms with Gasteiger partial charge in [-0.2, -0.15) is 0 Å². The number of ether oxygens (including phenoxy) is 1. The molecule has 0 spiro atoms. The van der Waals surface area contributed by atoms with Crippen LogP contribution in [-0.2, 0) is 14.3 Å². The Labute approximate surface area is 139 Å². The van der Waals surface area contributed by atoms with E-state index in [1.54, 1.807) is 21.9 Å². The molecule has 1 aromatic carbocycles. The first-order chi connectivity index (χ1) is 11.5. The minimum atomic E-state index is -0.869. The van der Waals surface area contributed by atoms with E-state index in [4.69, 9.17) is 4.74 Å². The molecular weight excluding hydrogens is 315 g/mol. The number of carbonyl (C=O) groups is 2. The summed E-state index contributed by atoms with van der Waals surface area (Å²) in [5.74, 6) is -1.26. The number of carboxylic acids is 1. The fourth-order valence-electron chi connectivity index (χ4n) is 3.32. The number of carboxylic acid groups (broad SMARTS) is 1. The molecule has 2 aliphatic rings. The van der Waals surface area contributed by atoms with Gasteiger partial charge in [0.05, 0.1) is 19.7 Å². The maximum absolute atomic E-state index is 13.0. The van der Waals surface area contributed by atoms with Crippen molar-refractivity contribution in [3.63, 3.8) is 0 Å². The van der Waals surface area contributed by atoms with E-state index in [-0.39, 0.29) is 24.4 Å². The molecule has 2 aliphatic heterocycles. The second-order valence-electron chi connectivity index (χ2n) is 6.22. The first-order valence-corrected chi connectivity index (χ1v) is 8.16. The highest BCUT2D eigenvalue weighted by molar-refractivity contribution is 5.80. The van der Waals surface area contributed by atoms with Crippen LogP contribution in [0.1, 0.15) is 24.5 Å². The molecule has 3 rings (SSSR count). The van der Waals surface area contributed by atoms with Gasteiger partial charge < -0.3 is 14.7 Å². The van der Waals surface area contributed by atoms with Crippen molar-refractivity contribution < 1.29 is 23.8 Å². The number of hydrogen-bond donors (Lipinski definition) is 1. The van der Waals surface area contributed by atoms with Crippen molar-refractivity contribution in [2.45, 2.75) is 25.0 Å². The van der Waals surface area contributed by atoms with Crippen LogP contribution in [0.2, 0.25) is 0 Å². The summed E-state index contributed by atoms with van der Waals surface area (Å²) >= 11 is 0. The van der Waals surface area contributed by atoms with Crippen molar-refractivity contribution >= 4 is 11.9 Å². The van der Waals surface area contributed by atoms with Gasteiger partial charge in [-0.05, 0) is 37.1 Å². The van der Waals surface area contributed by atoms with Crippen LogP contribution in [0.5, 0.6) is 0 Å². The third kappa shape index (κ3) is 3.73. The van der Waals surface area contributed by atoms with Crippen LogP contribution in [0.4, 0.5) is 4.39 Å². The van der Waals surface area contributed by atoms with Gasteiger partial charge in [0.25, 0.3) is 0 Å². The maximum Gasteiger partial charge on any atom is 0.320 e. The first kappa shape index (κ1) is 16.9. The summed E-state index contributed by atoms with van der Waals surface area (Å²) in [5.41, 5.74) is 0.832. The molecule has 1 amide bonds. The van der Waals surface area contributed by atoms with Crippen LogP contribution in [0.15, 0.2) is 24.3 Å². The molecule has 2 fully saturated rings. The third-order valence-electron chi connectivity index (χ3n) is 4.65. The fourth-order valence-corrected chi connectivity index (χ4v) is 3.32. The highest BCUT2D eigenvalue weighted by Gasteiger charge is 2.34. The molecule has 0 radical (unpaired) electrons. The molecule has 24 heavy (non-hydrogen) atoms. The van der Waals surface area contributed by atoms with Crippen LogP contribution >= 0.6 is 0 Å². The van der Waals surface area contributed by atoms with Crippen LogP contribution in [0.3, 0.4) is 0 Å². The molecule has 0 bridgehead atoms. The molecular formula is C17H21FN2O4. The average Bonchev–Trinajstić information content (AvgIpc) is 3.04. The standard InChI is InChI=1S/C17H21FN2O4/c18-13-5-3-12(4-6-13)15-10-20(8-9-24-15)16(21)11-19-7-1-2-14(19)17(22)23/h3-6,14-15H,1-2,7-11H2,(H,22,23)/t14-,15-/m1/s1. The number of hydrogen-bond acceptors (Lipinski definition) is 4. The van der Waals surface area contributed by atoms with E-state index in [0.717, 1.165) is 12.0 Å². The number of morpholine rings is 1. The monoisotopic (exact) mass is 336 g/mol. The van der Waals surface area contributed by atoms with Gasteiger partial charge in [-0.15, -0.1) is 0 Å². The lowest BCUT2D eigenvalue weighted by Gasteiger charge is -2.34. The molecule has 0 aromatic heterocycles. The normalized spacial score (nSPS) is 25.0. The largest absolute Gasteiger partial charge is 0.480 e. The lowest BCUT2D eigenvalue weighted by molar-refractivity contribution is -0.145. The lowest BCUT2D eigenvalue weighted by atomic mass is 10.1. The molecule has 2 saturated heterocycles. The quantitative estimate of drug-likeness (QED) is 0.897. The molecule has 1 N–H and O–H groups in total. The van der Waals surface area contributed by atoms with Crippen molar-refractivity contribution in [1.82, 2.24) is 9.80 Å². The lowest BCUT2D eigenvalue weighted by Crippen LogP contribution is -2.48. The number of halogens is 1. The summed E-state index contributed by atoms with van der Waals surface area (Å²) in [5, 5.41) is 9.20.